The molecule has 0 unspecified atom stereocenters. The SMILES string of the molecule is CCCCCCCCCCCC(=O)O.NC(=O)NC12CC3CC(CC(C3)C1)C2. The number of aliphatic carboxylic acids is 1. The van der Waals surface area contributed by atoms with Crippen LogP contribution in [0.5, 0.6) is 0 Å². The first kappa shape index (κ1) is 23.0. The zero-order chi connectivity index (χ0) is 20.4. The molecule has 2 amide bonds. The van der Waals surface area contributed by atoms with Crippen LogP contribution in [0.2, 0.25) is 0 Å². The molecule has 5 nitrogen and oxygen atoms in total. The number of carbonyl (C=O) groups is 2. The quantitative estimate of drug-likeness (QED) is 0.397. The molecule has 4 aliphatic rings. The molecule has 28 heavy (non-hydrogen) atoms. The molecule has 0 saturated heterocycles. The average molecular weight is 395 g/mol. The lowest BCUT2D eigenvalue weighted by Crippen LogP contribution is -2.60. The summed E-state index contributed by atoms with van der Waals surface area (Å²) in [6, 6.07) is -0.327. The van der Waals surface area contributed by atoms with E-state index < -0.39 is 5.97 Å². The fourth-order valence-electron chi connectivity index (χ4n) is 6.11. The molecule has 4 N–H and O–H groups in total. The van der Waals surface area contributed by atoms with Crippen LogP contribution in [-0.4, -0.2) is 22.6 Å². The highest BCUT2D eigenvalue weighted by atomic mass is 16.4. The Morgan fingerprint density at radius 2 is 1.29 bits per heavy atom. The van der Waals surface area contributed by atoms with Crippen LogP contribution >= 0.6 is 0 Å². The van der Waals surface area contributed by atoms with Gasteiger partial charge in [-0.25, -0.2) is 4.79 Å². The first-order valence-corrected chi connectivity index (χ1v) is 11.7. The standard InChI is InChI=1S/C12H24O2.C11H18N2O/c1-2-3-4-5-6-7-8-9-10-11-12(13)14;12-10(14)13-11-4-7-1-8(5-11)3-9(2-7)6-11/h2-11H2,1H3,(H,13,14);7-9H,1-6H2,(H3,12,13,14). The highest BCUT2D eigenvalue weighted by Gasteiger charge is 2.51. The number of unbranched alkanes of at least 4 members (excludes halogenated alkanes) is 8. The van der Waals surface area contributed by atoms with Crippen molar-refractivity contribution in [3.05, 3.63) is 0 Å². The van der Waals surface area contributed by atoms with Crippen molar-refractivity contribution >= 4 is 12.0 Å². The highest BCUT2D eigenvalue weighted by Crippen LogP contribution is 2.55. The van der Waals surface area contributed by atoms with E-state index in [1.54, 1.807) is 0 Å². The summed E-state index contributed by atoms with van der Waals surface area (Å²) < 4.78 is 0. The van der Waals surface area contributed by atoms with E-state index in [0.29, 0.717) is 6.42 Å². The molecule has 0 aromatic rings. The molecule has 4 saturated carbocycles. The fraction of sp³-hybridized carbons (Fsp3) is 0.913. The molecular weight excluding hydrogens is 352 g/mol. The van der Waals surface area contributed by atoms with Crippen LogP contribution in [0.15, 0.2) is 0 Å². The van der Waals surface area contributed by atoms with Gasteiger partial charge in [0.25, 0.3) is 0 Å². The van der Waals surface area contributed by atoms with Gasteiger partial charge in [-0.1, -0.05) is 58.3 Å². The number of hydrogen-bond acceptors (Lipinski definition) is 2. The molecule has 0 atom stereocenters. The smallest absolute Gasteiger partial charge is 0.312 e. The molecule has 0 aliphatic heterocycles. The molecule has 162 valence electrons. The molecule has 0 aromatic carbocycles. The summed E-state index contributed by atoms with van der Waals surface area (Å²) in [6.07, 6.45) is 19.2. The monoisotopic (exact) mass is 394 g/mol. The number of urea groups is 1. The number of primary amides is 1. The Morgan fingerprint density at radius 3 is 1.68 bits per heavy atom. The van der Waals surface area contributed by atoms with Gasteiger partial charge >= 0.3 is 12.0 Å². The minimum Gasteiger partial charge on any atom is -0.481 e. The third-order valence-corrected chi connectivity index (χ3v) is 6.92. The van der Waals surface area contributed by atoms with E-state index in [2.05, 4.69) is 12.2 Å². The summed E-state index contributed by atoms with van der Waals surface area (Å²) in [5, 5.41) is 11.4. The van der Waals surface area contributed by atoms with Crippen molar-refractivity contribution in [2.24, 2.45) is 23.5 Å². The van der Waals surface area contributed by atoms with Crippen molar-refractivity contribution < 1.29 is 14.7 Å². The van der Waals surface area contributed by atoms with Gasteiger partial charge in [-0.15, -0.1) is 0 Å². The molecule has 4 aliphatic carbocycles. The maximum Gasteiger partial charge on any atom is 0.312 e. The van der Waals surface area contributed by atoms with Crippen molar-refractivity contribution in [2.45, 2.75) is 115 Å². The second-order valence-electron chi connectivity index (χ2n) is 9.66. The summed E-state index contributed by atoms with van der Waals surface area (Å²) in [4.78, 5) is 21.2. The van der Waals surface area contributed by atoms with Gasteiger partial charge in [0.1, 0.15) is 0 Å². The van der Waals surface area contributed by atoms with E-state index >= 15 is 0 Å². The third kappa shape index (κ3) is 8.00. The van der Waals surface area contributed by atoms with Crippen molar-refractivity contribution in [1.29, 1.82) is 0 Å². The number of nitrogens with two attached hydrogens (primary N) is 1. The number of carboxylic acid groups (broad SMARTS) is 1. The normalized spacial score (nSPS) is 29.8. The van der Waals surface area contributed by atoms with Crippen LogP contribution in [-0.2, 0) is 4.79 Å². The topological polar surface area (TPSA) is 92.4 Å². The van der Waals surface area contributed by atoms with Gasteiger partial charge in [-0.05, 0) is 62.7 Å². The molecule has 0 aromatic heterocycles. The summed E-state index contributed by atoms with van der Waals surface area (Å²) >= 11 is 0. The molecule has 0 heterocycles. The van der Waals surface area contributed by atoms with E-state index in [1.807, 2.05) is 0 Å². The summed E-state index contributed by atoms with van der Waals surface area (Å²) in [7, 11) is 0. The van der Waals surface area contributed by atoms with Gasteiger partial charge in [0, 0.05) is 12.0 Å². The Kier molecular flexibility index (Phi) is 9.60. The number of carbonyl (C=O) groups excluding carboxylic acids is 1. The minimum absolute atomic E-state index is 0.0978. The second kappa shape index (κ2) is 11.7. The van der Waals surface area contributed by atoms with E-state index in [0.717, 1.165) is 30.6 Å². The van der Waals surface area contributed by atoms with E-state index in [4.69, 9.17) is 10.8 Å². The van der Waals surface area contributed by atoms with Gasteiger partial charge in [0.05, 0.1) is 0 Å². The van der Waals surface area contributed by atoms with Crippen LogP contribution in [0.25, 0.3) is 0 Å². The maximum absolute atomic E-state index is 11.0. The van der Waals surface area contributed by atoms with Gasteiger partial charge in [0.2, 0.25) is 0 Å². The Bertz CT molecular complexity index is 457. The van der Waals surface area contributed by atoms with E-state index in [9.17, 15) is 9.59 Å². The van der Waals surface area contributed by atoms with Gasteiger partial charge in [-0.3, -0.25) is 4.79 Å². The van der Waals surface area contributed by atoms with E-state index in [1.165, 1.54) is 83.5 Å². The molecule has 4 fully saturated rings. The second-order valence-corrected chi connectivity index (χ2v) is 9.66. The largest absolute Gasteiger partial charge is 0.481 e. The van der Waals surface area contributed by atoms with Crippen LogP contribution in [0.4, 0.5) is 4.79 Å². The molecule has 5 heteroatoms. The first-order valence-electron chi connectivity index (χ1n) is 11.7. The number of nitrogens with one attached hydrogen (secondary N) is 1. The number of carboxylic acids is 1. The Labute approximate surface area is 171 Å². The highest BCUT2D eigenvalue weighted by molar-refractivity contribution is 5.72. The molecule has 0 spiro atoms. The molecular formula is C23H42N2O3. The fourth-order valence-corrected chi connectivity index (χ4v) is 6.11. The lowest BCUT2D eigenvalue weighted by Gasteiger charge is -2.56. The predicted molar refractivity (Wildman–Crippen MR) is 113 cm³/mol. The Morgan fingerprint density at radius 1 is 0.857 bits per heavy atom. The molecule has 4 bridgehead atoms. The molecule has 0 radical (unpaired) electrons. The average Bonchev–Trinajstić information content (AvgIpc) is 2.58. The molecule has 4 rings (SSSR count). The maximum atomic E-state index is 11.0. The summed E-state index contributed by atoms with van der Waals surface area (Å²) in [5.41, 5.74) is 5.36. The summed E-state index contributed by atoms with van der Waals surface area (Å²) in [5.74, 6) is 1.95. The Hall–Kier alpha value is -1.26. The van der Waals surface area contributed by atoms with Crippen LogP contribution in [0, 0.1) is 17.8 Å². The lowest BCUT2D eigenvalue weighted by atomic mass is 9.53. The Balaban J connectivity index is 0.000000200. The third-order valence-electron chi connectivity index (χ3n) is 6.92. The van der Waals surface area contributed by atoms with Crippen LogP contribution < -0.4 is 11.1 Å². The minimum atomic E-state index is -0.659. The summed E-state index contributed by atoms with van der Waals surface area (Å²) in [6.45, 7) is 2.23. The van der Waals surface area contributed by atoms with Crippen LogP contribution in [0.3, 0.4) is 0 Å². The van der Waals surface area contributed by atoms with Gasteiger partial charge < -0.3 is 16.2 Å². The van der Waals surface area contributed by atoms with Crippen molar-refractivity contribution in [3.8, 4) is 0 Å². The van der Waals surface area contributed by atoms with Gasteiger partial charge in [0.15, 0.2) is 0 Å². The zero-order valence-electron chi connectivity index (χ0n) is 17.9. The zero-order valence-corrected chi connectivity index (χ0v) is 17.9. The number of hydrogen-bond donors (Lipinski definition) is 3. The predicted octanol–water partition coefficient (Wildman–Crippen LogP) is 5.62. The lowest BCUT2D eigenvalue weighted by molar-refractivity contribution is -0.137. The van der Waals surface area contributed by atoms with Crippen molar-refractivity contribution in [1.82, 2.24) is 5.32 Å². The first-order chi connectivity index (χ1) is 13.4. The van der Waals surface area contributed by atoms with Crippen molar-refractivity contribution in [2.75, 3.05) is 0 Å². The number of rotatable bonds is 11. The number of amides is 2. The van der Waals surface area contributed by atoms with Crippen molar-refractivity contribution in [3.63, 3.8) is 0 Å². The van der Waals surface area contributed by atoms with Gasteiger partial charge in [-0.2, -0.15) is 0 Å². The van der Waals surface area contributed by atoms with E-state index in [-0.39, 0.29) is 11.6 Å². The van der Waals surface area contributed by atoms with Crippen LogP contribution in [0.1, 0.15) is 110 Å².